The monoisotopic (exact) mass is 392 g/mol. The summed E-state index contributed by atoms with van der Waals surface area (Å²) in [5.74, 6) is 3.37. The lowest BCUT2D eigenvalue weighted by atomic mass is 9.45. The summed E-state index contributed by atoms with van der Waals surface area (Å²) in [5, 5.41) is 9.83. The first-order chi connectivity index (χ1) is 14.0. The van der Waals surface area contributed by atoms with Crippen molar-refractivity contribution in [1.29, 1.82) is 0 Å². The summed E-state index contributed by atoms with van der Waals surface area (Å²) in [7, 11) is 0. The molecule has 2 saturated carbocycles. The Balaban J connectivity index is 1.54. The molecule has 0 aromatic carbocycles. The van der Waals surface area contributed by atoms with Gasteiger partial charge in [0.25, 0.3) is 0 Å². The van der Waals surface area contributed by atoms with Gasteiger partial charge in [0.05, 0.1) is 0 Å². The van der Waals surface area contributed by atoms with Crippen molar-refractivity contribution in [2.24, 2.45) is 34.5 Å². The number of allylic oxidation sites excluding steroid dienone is 4. The van der Waals surface area contributed by atoms with Gasteiger partial charge in [0.2, 0.25) is 0 Å². The molecule has 2 fully saturated rings. The molecule has 5 rings (SSSR count). The molecular formula is C25H32N2O2. The zero-order valence-electron chi connectivity index (χ0n) is 17.6. The van der Waals surface area contributed by atoms with E-state index in [9.17, 15) is 9.90 Å². The van der Waals surface area contributed by atoms with Crippen molar-refractivity contribution >= 4 is 11.4 Å². The largest absolute Gasteiger partial charge is 0.396 e. The molecule has 0 radical (unpaired) electrons. The van der Waals surface area contributed by atoms with Crippen LogP contribution in [0.4, 0.5) is 0 Å². The van der Waals surface area contributed by atoms with E-state index in [1.807, 2.05) is 18.5 Å². The van der Waals surface area contributed by atoms with Gasteiger partial charge in [-0.2, -0.15) is 0 Å². The molecule has 154 valence electrons. The third-order valence-corrected chi connectivity index (χ3v) is 8.95. The quantitative estimate of drug-likeness (QED) is 0.763. The smallest absolute Gasteiger partial charge is 0.155 e. The Hall–Kier alpha value is -1.81. The number of aromatic nitrogens is 2. The SMILES string of the molecule is C[C@]12CCC(=O)CC1=C[C@H](CCO)[C@@H]1[C@@H]2CC[C@]2(C)C(c3ncccn3)=CC[C@@H]12. The zero-order chi connectivity index (χ0) is 20.2. The fourth-order valence-corrected chi connectivity index (χ4v) is 7.42. The van der Waals surface area contributed by atoms with E-state index in [4.69, 9.17) is 0 Å². The molecule has 0 saturated heterocycles. The summed E-state index contributed by atoms with van der Waals surface area (Å²) in [4.78, 5) is 21.4. The third kappa shape index (κ3) is 2.78. The number of hydrogen-bond donors (Lipinski definition) is 1. The van der Waals surface area contributed by atoms with E-state index < -0.39 is 0 Å². The first-order valence-corrected chi connectivity index (χ1v) is 11.3. The van der Waals surface area contributed by atoms with E-state index in [2.05, 4.69) is 36.0 Å². The second kappa shape index (κ2) is 6.87. The Morgan fingerprint density at radius 2 is 1.93 bits per heavy atom. The fraction of sp³-hybridized carbons (Fsp3) is 0.640. The van der Waals surface area contributed by atoms with Crippen LogP contribution < -0.4 is 0 Å². The summed E-state index contributed by atoms with van der Waals surface area (Å²) in [6.07, 6.45) is 15.1. The van der Waals surface area contributed by atoms with Gasteiger partial charge in [-0.3, -0.25) is 4.79 Å². The van der Waals surface area contributed by atoms with Crippen molar-refractivity contribution in [2.45, 2.75) is 58.8 Å². The lowest BCUT2D eigenvalue weighted by molar-refractivity contribution is -0.122. The van der Waals surface area contributed by atoms with Crippen molar-refractivity contribution in [1.82, 2.24) is 9.97 Å². The molecule has 0 aliphatic heterocycles. The van der Waals surface area contributed by atoms with Crippen LogP contribution in [0.15, 0.2) is 36.2 Å². The van der Waals surface area contributed by atoms with Crippen molar-refractivity contribution in [3.8, 4) is 0 Å². The average molecular weight is 393 g/mol. The van der Waals surface area contributed by atoms with Gasteiger partial charge >= 0.3 is 0 Å². The van der Waals surface area contributed by atoms with Crippen molar-refractivity contribution in [3.05, 3.63) is 42.0 Å². The van der Waals surface area contributed by atoms with E-state index >= 15 is 0 Å². The molecule has 1 N–H and O–H groups in total. The van der Waals surface area contributed by atoms with Crippen molar-refractivity contribution in [2.75, 3.05) is 6.61 Å². The molecule has 29 heavy (non-hydrogen) atoms. The molecule has 0 amide bonds. The Morgan fingerprint density at radius 3 is 2.69 bits per heavy atom. The van der Waals surface area contributed by atoms with Crippen LogP contribution in [-0.4, -0.2) is 27.5 Å². The minimum atomic E-state index is 0.0996. The highest BCUT2D eigenvalue weighted by molar-refractivity contribution is 5.82. The van der Waals surface area contributed by atoms with Gasteiger partial charge in [-0.25, -0.2) is 9.97 Å². The number of ketones is 1. The summed E-state index contributed by atoms with van der Waals surface area (Å²) >= 11 is 0. The van der Waals surface area contributed by atoms with E-state index in [0.717, 1.165) is 37.9 Å². The van der Waals surface area contributed by atoms with Crippen LogP contribution in [0.2, 0.25) is 0 Å². The Morgan fingerprint density at radius 1 is 1.14 bits per heavy atom. The van der Waals surface area contributed by atoms with Crippen molar-refractivity contribution in [3.63, 3.8) is 0 Å². The Bertz CT molecular complexity index is 876. The summed E-state index contributed by atoms with van der Waals surface area (Å²) in [5.41, 5.74) is 2.94. The molecule has 0 bridgehead atoms. The minimum Gasteiger partial charge on any atom is -0.396 e. The summed E-state index contributed by atoms with van der Waals surface area (Å²) < 4.78 is 0. The first-order valence-electron chi connectivity index (χ1n) is 11.3. The van der Waals surface area contributed by atoms with E-state index in [0.29, 0.717) is 35.9 Å². The van der Waals surface area contributed by atoms with Gasteiger partial charge in [0.1, 0.15) is 5.78 Å². The predicted molar refractivity (Wildman–Crippen MR) is 113 cm³/mol. The molecule has 1 heterocycles. The number of aliphatic hydroxyl groups is 1. The molecule has 6 atom stereocenters. The zero-order valence-corrected chi connectivity index (χ0v) is 17.6. The highest BCUT2D eigenvalue weighted by Crippen LogP contribution is 2.67. The number of rotatable bonds is 3. The van der Waals surface area contributed by atoms with Gasteiger partial charge in [-0.05, 0) is 78.2 Å². The van der Waals surface area contributed by atoms with E-state index in [-0.39, 0.29) is 17.4 Å². The maximum Gasteiger partial charge on any atom is 0.155 e. The number of carbonyl (C=O) groups is 1. The maximum absolute atomic E-state index is 12.2. The van der Waals surface area contributed by atoms with Crippen LogP contribution in [0.5, 0.6) is 0 Å². The molecule has 4 nitrogen and oxygen atoms in total. The number of fused-ring (bicyclic) bond motifs is 5. The molecular weight excluding hydrogens is 360 g/mol. The van der Waals surface area contributed by atoms with E-state index in [1.54, 1.807) is 0 Å². The maximum atomic E-state index is 12.2. The number of aliphatic hydroxyl groups excluding tert-OH is 1. The number of carbonyl (C=O) groups excluding carboxylic acids is 1. The standard InChI is InChI=1S/C25H32N2O2/c1-24-9-6-18(29)15-17(24)14-16(8-13-28)22-19-4-5-21(23-26-11-3-12-27-23)25(19,2)10-7-20(22)24/h3,5,11-12,14,16,19-20,22,28H,4,6-10,13,15H2,1-2H3/t16-,19-,20-,22-,24-,25-/m0/s1. The lowest BCUT2D eigenvalue weighted by Crippen LogP contribution is -2.52. The Kier molecular flexibility index (Phi) is 4.54. The van der Waals surface area contributed by atoms with Gasteiger partial charge in [-0.1, -0.05) is 31.6 Å². The van der Waals surface area contributed by atoms with E-state index in [1.165, 1.54) is 17.6 Å². The van der Waals surface area contributed by atoms with Crippen LogP contribution in [0.25, 0.3) is 5.57 Å². The minimum absolute atomic E-state index is 0.0996. The molecule has 1 aromatic heterocycles. The number of Topliss-reactive ketones (excluding diaryl/α,β-unsaturated/α-hetero) is 1. The molecule has 4 aliphatic rings. The second-order valence-electron chi connectivity index (χ2n) is 10.2. The third-order valence-electron chi connectivity index (χ3n) is 8.95. The van der Waals surface area contributed by atoms with Gasteiger partial charge in [0, 0.05) is 31.8 Å². The normalized spacial score (nSPS) is 41.1. The Labute approximate surface area is 173 Å². The van der Waals surface area contributed by atoms with Crippen LogP contribution in [0.3, 0.4) is 0 Å². The van der Waals surface area contributed by atoms with Crippen LogP contribution in [0.1, 0.15) is 64.6 Å². The van der Waals surface area contributed by atoms with Crippen LogP contribution in [0, 0.1) is 34.5 Å². The molecule has 4 aliphatic carbocycles. The first kappa shape index (κ1) is 19.2. The van der Waals surface area contributed by atoms with Gasteiger partial charge in [0.15, 0.2) is 5.82 Å². The number of hydrogen-bond acceptors (Lipinski definition) is 4. The fourth-order valence-electron chi connectivity index (χ4n) is 7.42. The highest BCUT2D eigenvalue weighted by atomic mass is 16.3. The van der Waals surface area contributed by atoms with Gasteiger partial charge < -0.3 is 5.11 Å². The topological polar surface area (TPSA) is 63.1 Å². The van der Waals surface area contributed by atoms with Crippen LogP contribution in [-0.2, 0) is 4.79 Å². The average Bonchev–Trinajstić information content (AvgIpc) is 3.07. The highest BCUT2D eigenvalue weighted by Gasteiger charge is 2.59. The lowest BCUT2D eigenvalue weighted by Gasteiger charge is -2.59. The van der Waals surface area contributed by atoms with Gasteiger partial charge in [-0.15, -0.1) is 0 Å². The molecule has 0 unspecified atom stereocenters. The summed E-state index contributed by atoms with van der Waals surface area (Å²) in [6, 6.07) is 1.88. The predicted octanol–water partition coefficient (Wildman–Crippen LogP) is 4.61. The molecule has 1 aromatic rings. The van der Waals surface area contributed by atoms with Crippen LogP contribution >= 0.6 is 0 Å². The molecule has 4 heteroatoms. The molecule has 0 spiro atoms. The number of nitrogens with zero attached hydrogens (tertiary/aromatic N) is 2. The summed E-state index contributed by atoms with van der Waals surface area (Å²) in [6.45, 7) is 5.06. The van der Waals surface area contributed by atoms with Crippen molar-refractivity contribution < 1.29 is 9.90 Å². The second-order valence-corrected chi connectivity index (χ2v) is 10.2.